The molecule has 0 saturated heterocycles. The third kappa shape index (κ3) is 3.03. The average molecular weight is 273 g/mol. The van der Waals surface area contributed by atoms with Gasteiger partial charge in [-0.15, -0.1) is 0 Å². The molecule has 1 heterocycles. The molecule has 0 radical (unpaired) electrons. The second kappa shape index (κ2) is 6.60. The van der Waals surface area contributed by atoms with Gasteiger partial charge in [-0.3, -0.25) is 0 Å². The first-order valence-electron chi connectivity index (χ1n) is 7.27. The first kappa shape index (κ1) is 14.6. The fourth-order valence-electron chi connectivity index (χ4n) is 2.99. The molecule has 1 N–H and O–H groups in total. The average Bonchev–Trinajstić information content (AvgIpc) is 2.86. The number of aromatic amines is 1. The fourth-order valence-corrected chi connectivity index (χ4v) is 2.99. The Kier molecular flexibility index (Phi) is 4.83. The minimum atomic E-state index is -0.354. The Labute approximate surface area is 120 Å². The lowest BCUT2D eigenvalue weighted by atomic mass is 9.83. The molecule has 1 fully saturated rings. The lowest BCUT2D eigenvalue weighted by Crippen LogP contribution is -2.05. The first-order chi connectivity index (χ1) is 9.67. The van der Waals surface area contributed by atoms with Crippen molar-refractivity contribution in [2.24, 2.45) is 0 Å². The van der Waals surface area contributed by atoms with Gasteiger partial charge in [0.15, 0.2) is 0 Å². The summed E-state index contributed by atoms with van der Waals surface area (Å²) in [7, 11) is 1.38. The lowest BCUT2D eigenvalue weighted by Gasteiger charge is -2.21. The van der Waals surface area contributed by atoms with Crippen molar-refractivity contribution in [3.05, 3.63) is 41.2 Å². The zero-order valence-corrected chi connectivity index (χ0v) is 12.4. The fraction of sp³-hybridized carbons (Fsp3) is 0.471. The maximum Gasteiger partial charge on any atom is 0.337 e. The van der Waals surface area contributed by atoms with Crippen LogP contribution in [0.4, 0.5) is 0 Å². The van der Waals surface area contributed by atoms with Crippen molar-refractivity contribution in [2.75, 3.05) is 7.11 Å². The Morgan fingerprint density at radius 1 is 1.40 bits per heavy atom. The second-order valence-electron chi connectivity index (χ2n) is 5.41. The molecule has 3 heteroatoms. The molecule has 0 unspecified atom stereocenters. The van der Waals surface area contributed by atoms with Gasteiger partial charge < -0.3 is 9.72 Å². The predicted molar refractivity (Wildman–Crippen MR) is 81.5 cm³/mol. The second-order valence-corrected chi connectivity index (χ2v) is 5.41. The van der Waals surface area contributed by atoms with Gasteiger partial charge in [-0.2, -0.15) is 0 Å². The van der Waals surface area contributed by atoms with Gasteiger partial charge in [0.1, 0.15) is 0 Å². The smallest absolute Gasteiger partial charge is 0.337 e. The molecule has 1 saturated carbocycles. The highest BCUT2D eigenvalue weighted by Crippen LogP contribution is 2.35. The summed E-state index contributed by atoms with van der Waals surface area (Å²) in [5, 5.41) is 0. The zero-order chi connectivity index (χ0) is 14.5. The summed E-state index contributed by atoms with van der Waals surface area (Å²) >= 11 is 0. The summed E-state index contributed by atoms with van der Waals surface area (Å²) in [6.45, 7) is 5.78. The Bertz CT molecular complexity index is 519. The minimum absolute atomic E-state index is 0.354. The number of ether oxygens (including phenoxy) is 1. The topological polar surface area (TPSA) is 42.1 Å². The molecular formula is C17H23NO2. The molecule has 1 aliphatic rings. The highest BCUT2D eigenvalue weighted by molar-refractivity contribution is 5.96. The highest BCUT2D eigenvalue weighted by Gasteiger charge is 2.19. The summed E-state index contributed by atoms with van der Waals surface area (Å²) < 4.78 is 4.75. The predicted octanol–water partition coefficient (Wildman–Crippen LogP) is 4.11. The monoisotopic (exact) mass is 273 g/mol. The minimum Gasteiger partial charge on any atom is -0.465 e. The van der Waals surface area contributed by atoms with Crippen LogP contribution in [0.15, 0.2) is 24.4 Å². The van der Waals surface area contributed by atoms with E-state index in [0.717, 1.165) is 5.69 Å². The van der Waals surface area contributed by atoms with Gasteiger partial charge >= 0.3 is 5.97 Å². The molecule has 1 aliphatic carbocycles. The molecule has 3 nitrogen and oxygen atoms in total. The van der Waals surface area contributed by atoms with E-state index >= 15 is 0 Å². The third-order valence-corrected chi connectivity index (χ3v) is 4.21. The maximum absolute atomic E-state index is 11.6. The van der Waals surface area contributed by atoms with Crippen LogP contribution in [0.3, 0.4) is 0 Å². The Hall–Kier alpha value is -1.77. The number of H-pyrrole nitrogens is 1. The van der Waals surface area contributed by atoms with E-state index in [9.17, 15) is 4.79 Å². The standard InChI is InChI=1S/C17H23NO2/c1-4-13(17(19)20-3)10-16-12(2)15(11-18-16)14-8-6-5-7-9-14/h4,10-11,14,18H,1,5-9H2,2-3H3/b13-10+. The molecular weight excluding hydrogens is 250 g/mol. The van der Waals surface area contributed by atoms with Crippen molar-refractivity contribution in [3.8, 4) is 0 Å². The van der Waals surface area contributed by atoms with E-state index in [1.807, 2.05) is 6.08 Å². The number of carbonyl (C=O) groups excluding carboxylic acids is 1. The van der Waals surface area contributed by atoms with Crippen LogP contribution >= 0.6 is 0 Å². The lowest BCUT2D eigenvalue weighted by molar-refractivity contribution is -0.135. The normalized spacial score (nSPS) is 17.0. The Morgan fingerprint density at radius 2 is 2.10 bits per heavy atom. The highest BCUT2D eigenvalue weighted by atomic mass is 16.5. The summed E-state index contributed by atoms with van der Waals surface area (Å²) in [5.41, 5.74) is 4.09. The number of hydrogen-bond acceptors (Lipinski definition) is 2. The van der Waals surface area contributed by atoms with Gasteiger partial charge in [0, 0.05) is 11.9 Å². The van der Waals surface area contributed by atoms with Crippen LogP contribution in [0, 0.1) is 6.92 Å². The van der Waals surface area contributed by atoms with Gasteiger partial charge in [-0.05, 0) is 42.9 Å². The quantitative estimate of drug-likeness (QED) is 0.509. The molecule has 0 spiro atoms. The summed E-state index contributed by atoms with van der Waals surface area (Å²) in [6, 6.07) is 0. The van der Waals surface area contributed by atoms with Crippen LogP contribution in [0.25, 0.3) is 6.08 Å². The Balaban J connectivity index is 2.25. The number of rotatable bonds is 4. The van der Waals surface area contributed by atoms with E-state index in [-0.39, 0.29) is 5.97 Å². The van der Waals surface area contributed by atoms with Crippen LogP contribution < -0.4 is 0 Å². The van der Waals surface area contributed by atoms with Crippen molar-refractivity contribution < 1.29 is 9.53 Å². The van der Waals surface area contributed by atoms with E-state index in [1.165, 1.54) is 56.4 Å². The van der Waals surface area contributed by atoms with Crippen LogP contribution in [0.5, 0.6) is 0 Å². The number of carbonyl (C=O) groups is 1. The SMILES string of the molecule is C=C/C(=C\c1[nH]cc(C2CCCCC2)c1C)C(=O)OC. The van der Waals surface area contributed by atoms with Gasteiger partial charge in [-0.1, -0.05) is 31.9 Å². The number of methoxy groups -OCH3 is 1. The maximum atomic E-state index is 11.6. The molecule has 0 atom stereocenters. The van der Waals surface area contributed by atoms with Crippen LogP contribution in [-0.2, 0) is 9.53 Å². The number of aromatic nitrogens is 1. The molecule has 0 amide bonds. The zero-order valence-electron chi connectivity index (χ0n) is 12.4. The largest absolute Gasteiger partial charge is 0.465 e. The summed E-state index contributed by atoms with van der Waals surface area (Å²) in [5.74, 6) is 0.306. The van der Waals surface area contributed by atoms with E-state index in [0.29, 0.717) is 11.5 Å². The van der Waals surface area contributed by atoms with Gasteiger partial charge in [0.25, 0.3) is 0 Å². The van der Waals surface area contributed by atoms with Gasteiger partial charge in [0.05, 0.1) is 12.7 Å². The van der Waals surface area contributed by atoms with Crippen LogP contribution in [0.1, 0.15) is 54.8 Å². The molecule has 0 aromatic carbocycles. The number of hydrogen-bond donors (Lipinski definition) is 1. The Morgan fingerprint density at radius 3 is 2.70 bits per heavy atom. The van der Waals surface area contributed by atoms with Crippen molar-refractivity contribution in [1.29, 1.82) is 0 Å². The summed E-state index contributed by atoms with van der Waals surface area (Å²) in [4.78, 5) is 14.9. The molecule has 1 aromatic rings. The third-order valence-electron chi connectivity index (χ3n) is 4.21. The molecule has 2 rings (SSSR count). The number of nitrogens with one attached hydrogen (secondary N) is 1. The molecule has 0 aliphatic heterocycles. The van der Waals surface area contributed by atoms with Crippen molar-refractivity contribution >= 4 is 12.0 Å². The molecule has 0 bridgehead atoms. The van der Waals surface area contributed by atoms with Crippen molar-refractivity contribution in [1.82, 2.24) is 4.98 Å². The van der Waals surface area contributed by atoms with Crippen molar-refractivity contribution in [2.45, 2.75) is 44.9 Å². The van der Waals surface area contributed by atoms with Crippen LogP contribution in [-0.4, -0.2) is 18.1 Å². The molecule has 108 valence electrons. The van der Waals surface area contributed by atoms with Gasteiger partial charge in [-0.25, -0.2) is 4.79 Å². The van der Waals surface area contributed by atoms with Gasteiger partial charge in [0.2, 0.25) is 0 Å². The van der Waals surface area contributed by atoms with Crippen LogP contribution in [0.2, 0.25) is 0 Å². The summed E-state index contributed by atoms with van der Waals surface area (Å²) in [6.07, 6.45) is 12.0. The van der Waals surface area contributed by atoms with E-state index in [1.54, 1.807) is 0 Å². The molecule has 1 aromatic heterocycles. The number of esters is 1. The first-order valence-corrected chi connectivity index (χ1v) is 7.27. The van der Waals surface area contributed by atoms with E-state index < -0.39 is 0 Å². The van der Waals surface area contributed by atoms with Crippen molar-refractivity contribution in [3.63, 3.8) is 0 Å². The van der Waals surface area contributed by atoms with E-state index in [2.05, 4.69) is 24.7 Å². The molecule has 20 heavy (non-hydrogen) atoms. The van der Waals surface area contributed by atoms with E-state index in [4.69, 9.17) is 4.74 Å².